The lowest BCUT2D eigenvalue weighted by atomic mass is 9.95. The van der Waals surface area contributed by atoms with Gasteiger partial charge in [-0.15, -0.1) is 0 Å². The Hall–Kier alpha value is -1.69. The summed E-state index contributed by atoms with van der Waals surface area (Å²) in [5.74, 6) is 0.346. The first-order valence-corrected chi connectivity index (χ1v) is 8.34. The molecule has 1 aromatic heterocycles. The van der Waals surface area contributed by atoms with Crippen LogP contribution in [-0.4, -0.2) is 28.5 Å². The Labute approximate surface area is 137 Å². The maximum absolute atomic E-state index is 12.0. The van der Waals surface area contributed by atoms with Gasteiger partial charge in [-0.1, -0.05) is 35.2 Å². The Morgan fingerprint density at radius 3 is 2.91 bits per heavy atom. The van der Waals surface area contributed by atoms with Crippen molar-refractivity contribution in [2.45, 2.75) is 38.1 Å². The van der Waals surface area contributed by atoms with E-state index in [2.05, 4.69) is 31.2 Å². The molecule has 1 N–H and O–H groups in total. The van der Waals surface area contributed by atoms with Crippen molar-refractivity contribution in [1.29, 1.82) is 0 Å². The molecule has 5 nitrogen and oxygen atoms in total. The SMILES string of the molecule is O=C(COc1ncnc2ccc(Br)cc12)NC1CCCCC1. The van der Waals surface area contributed by atoms with Crippen LogP contribution in [0.2, 0.25) is 0 Å². The fraction of sp³-hybridized carbons (Fsp3) is 0.438. The highest BCUT2D eigenvalue weighted by atomic mass is 79.9. The van der Waals surface area contributed by atoms with Gasteiger partial charge in [0.2, 0.25) is 5.88 Å². The van der Waals surface area contributed by atoms with Gasteiger partial charge in [-0.05, 0) is 31.0 Å². The summed E-state index contributed by atoms with van der Waals surface area (Å²) in [6, 6.07) is 5.98. The number of aromatic nitrogens is 2. The van der Waals surface area contributed by atoms with Crippen LogP contribution >= 0.6 is 15.9 Å². The van der Waals surface area contributed by atoms with Crippen LogP contribution in [0.5, 0.6) is 5.88 Å². The zero-order valence-electron chi connectivity index (χ0n) is 12.2. The molecule has 0 bridgehead atoms. The van der Waals surface area contributed by atoms with E-state index in [0.717, 1.165) is 28.2 Å². The molecule has 1 fully saturated rings. The minimum atomic E-state index is -0.0892. The molecule has 1 heterocycles. The number of halogens is 1. The smallest absolute Gasteiger partial charge is 0.258 e. The third-order valence-electron chi connectivity index (χ3n) is 3.87. The predicted octanol–water partition coefficient (Wildman–Crippen LogP) is 3.22. The lowest BCUT2D eigenvalue weighted by molar-refractivity contribution is -0.124. The molecule has 22 heavy (non-hydrogen) atoms. The summed E-state index contributed by atoms with van der Waals surface area (Å²) >= 11 is 3.42. The van der Waals surface area contributed by atoms with Gasteiger partial charge in [0.1, 0.15) is 6.33 Å². The number of hydrogen-bond donors (Lipinski definition) is 1. The maximum atomic E-state index is 12.0. The summed E-state index contributed by atoms with van der Waals surface area (Å²) in [7, 11) is 0. The number of nitrogens with zero attached hydrogens (tertiary/aromatic N) is 2. The van der Waals surface area contributed by atoms with Gasteiger partial charge in [-0.25, -0.2) is 9.97 Å². The second-order valence-electron chi connectivity index (χ2n) is 5.53. The molecule has 0 saturated heterocycles. The minimum absolute atomic E-state index is 0.0187. The van der Waals surface area contributed by atoms with Crippen LogP contribution in [0.3, 0.4) is 0 Å². The summed E-state index contributed by atoms with van der Waals surface area (Å²) < 4.78 is 6.52. The number of rotatable bonds is 4. The molecule has 1 aliphatic carbocycles. The Morgan fingerprint density at radius 2 is 2.09 bits per heavy atom. The molecule has 6 heteroatoms. The molecule has 1 amide bonds. The standard InChI is InChI=1S/C16H18BrN3O2/c17-11-6-7-14-13(8-11)16(19-10-18-14)22-9-15(21)20-12-4-2-1-3-5-12/h6-8,10,12H,1-5,9H2,(H,20,21). The molecular weight excluding hydrogens is 346 g/mol. The molecule has 1 saturated carbocycles. The average Bonchev–Trinajstić information content (AvgIpc) is 2.54. The molecular formula is C16H18BrN3O2. The number of nitrogens with one attached hydrogen (secondary N) is 1. The summed E-state index contributed by atoms with van der Waals surface area (Å²) in [6.45, 7) is -0.0187. The van der Waals surface area contributed by atoms with E-state index in [1.165, 1.54) is 25.6 Å². The average molecular weight is 364 g/mol. The van der Waals surface area contributed by atoms with Gasteiger partial charge in [0.15, 0.2) is 6.61 Å². The molecule has 1 aliphatic rings. The first kappa shape index (κ1) is 15.2. The Morgan fingerprint density at radius 1 is 1.27 bits per heavy atom. The van der Waals surface area contributed by atoms with E-state index in [9.17, 15) is 4.79 Å². The zero-order chi connectivity index (χ0) is 15.4. The quantitative estimate of drug-likeness (QED) is 0.905. The van der Waals surface area contributed by atoms with Crippen molar-refractivity contribution < 1.29 is 9.53 Å². The van der Waals surface area contributed by atoms with Crippen molar-refractivity contribution in [2.75, 3.05) is 6.61 Å². The van der Waals surface area contributed by atoms with E-state index >= 15 is 0 Å². The largest absolute Gasteiger partial charge is 0.467 e. The third-order valence-corrected chi connectivity index (χ3v) is 4.36. The van der Waals surface area contributed by atoms with Crippen LogP contribution in [0.25, 0.3) is 10.9 Å². The summed E-state index contributed by atoms with van der Waals surface area (Å²) in [5, 5.41) is 3.83. The Balaban J connectivity index is 1.63. The van der Waals surface area contributed by atoms with Crippen molar-refractivity contribution in [1.82, 2.24) is 15.3 Å². The van der Waals surface area contributed by atoms with Crippen LogP contribution in [0.1, 0.15) is 32.1 Å². The number of carbonyl (C=O) groups excluding carboxylic acids is 1. The number of benzene rings is 1. The summed E-state index contributed by atoms with van der Waals surface area (Å²) in [4.78, 5) is 20.3. The van der Waals surface area contributed by atoms with E-state index in [0.29, 0.717) is 11.9 Å². The highest BCUT2D eigenvalue weighted by Gasteiger charge is 2.16. The molecule has 0 radical (unpaired) electrons. The highest BCUT2D eigenvalue weighted by molar-refractivity contribution is 9.10. The molecule has 1 aromatic carbocycles. The summed E-state index contributed by atoms with van der Waals surface area (Å²) in [6.07, 6.45) is 7.23. The first-order valence-electron chi connectivity index (χ1n) is 7.55. The Kier molecular flexibility index (Phi) is 4.87. The van der Waals surface area contributed by atoms with Crippen LogP contribution in [0, 0.1) is 0 Å². The molecule has 0 atom stereocenters. The van der Waals surface area contributed by atoms with Crippen LogP contribution in [0.15, 0.2) is 29.0 Å². The molecule has 0 spiro atoms. The third kappa shape index (κ3) is 3.74. The van der Waals surface area contributed by atoms with Gasteiger partial charge in [0.05, 0.1) is 10.9 Å². The first-order chi connectivity index (χ1) is 10.7. The lowest BCUT2D eigenvalue weighted by Gasteiger charge is -2.22. The fourth-order valence-corrected chi connectivity index (χ4v) is 3.13. The van der Waals surface area contributed by atoms with Gasteiger partial charge >= 0.3 is 0 Å². The number of hydrogen-bond acceptors (Lipinski definition) is 4. The number of carbonyl (C=O) groups is 1. The van der Waals surface area contributed by atoms with Gasteiger partial charge in [-0.3, -0.25) is 4.79 Å². The predicted molar refractivity (Wildman–Crippen MR) is 87.7 cm³/mol. The second-order valence-corrected chi connectivity index (χ2v) is 6.45. The van der Waals surface area contributed by atoms with Crippen LogP contribution in [0.4, 0.5) is 0 Å². The number of amides is 1. The van der Waals surface area contributed by atoms with E-state index < -0.39 is 0 Å². The second kappa shape index (κ2) is 7.05. The van der Waals surface area contributed by atoms with Gasteiger partial charge in [-0.2, -0.15) is 0 Å². The molecule has 2 aromatic rings. The van der Waals surface area contributed by atoms with E-state index in [4.69, 9.17) is 4.74 Å². The van der Waals surface area contributed by atoms with Gasteiger partial charge in [0, 0.05) is 10.5 Å². The van der Waals surface area contributed by atoms with Crippen molar-refractivity contribution in [3.8, 4) is 5.88 Å². The molecule has 3 rings (SSSR count). The van der Waals surface area contributed by atoms with Gasteiger partial charge in [0.25, 0.3) is 5.91 Å². The fourth-order valence-electron chi connectivity index (χ4n) is 2.77. The van der Waals surface area contributed by atoms with Crippen LogP contribution in [-0.2, 0) is 4.79 Å². The normalized spacial score (nSPS) is 15.7. The Bertz CT molecular complexity index is 671. The molecule has 0 aliphatic heterocycles. The van der Waals surface area contributed by atoms with E-state index in [1.807, 2.05) is 18.2 Å². The van der Waals surface area contributed by atoms with Crippen LogP contribution < -0.4 is 10.1 Å². The highest BCUT2D eigenvalue weighted by Crippen LogP contribution is 2.24. The summed E-state index contributed by atoms with van der Waals surface area (Å²) in [5.41, 5.74) is 0.792. The maximum Gasteiger partial charge on any atom is 0.258 e. The monoisotopic (exact) mass is 363 g/mol. The van der Waals surface area contributed by atoms with Crippen molar-refractivity contribution >= 4 is 32.7 Å². The number of ether oxygens (including phenoxy) is 1. The van der Waals surface area contributed by atoms with Crippen molar-refractivity contribution in [3.05, 3.63) is 29.0 Å². The number of fused-ring (bicyclic) bond motifs is 1. The van der Waals surface area contributed by atoms with E-state index in [-0.39, 0.29) is 12.5 Å². The molecule has 0 unspecified atom stereocenters. The molecule has 116 valence electrons. The van der Waals surface area contributed by atoms with Crippen molar-refractivity contribution in [3.63, 3.8) is 0 Å². The zero-order valence-corrected chi connectivity index (χ0v) is 13.8. The van der Waals surface area contributed by atoms with Gasteiger partial charge < -0.3 is 10.1 Å². The van der Waals surface area contributed by atoms with E-state index in [1.54, 1.807) is 0 Å². The minimum Gasteiger partial charge on any atom is -0.467 e. The van der Waals surface area contributed by atoms with Crippen molar-refractivity contribution in [2.24, 2.45) is 0 Å². The lowest BCUT2D eigenvalue weighted by Crippen LogP contribution is -2.39. The topological polar surface area (TPSA) is 64.1 Å².